The van der Waals surface area contributed by atoms with E-state index in [0.717, 1.165) is 23.5 Å². The highest BCUT2D eigenvalue weighted by Gasteiger charge is 2.28. The Morgan fingerprint density at radius 1 is 1.24 bits per heavy atom. The minimum Gasteiger partial charge on any atom is -0.490 e. The number of fused-ring (bicyclic) bond motifs is 1. The number of aliphatic hydroxyl groups excluding tert-OH is 2. The third-order valence-corrected chi connectivity index (χ3v) is 3.34. The highest BCUT2D eigenvalue weighted by atomic mass is 16.6. The summed E-state index contributed by atoms with van der Waals surface area (Å²) in [5.41, 5.74) is 2.09. The second-order valence-corrected chi connectivity index (χ2v) is 4.70. The Kier molecular flexibility index (Phi) is 2.78. The van der Waals surface area contributed by atoms with Crippen molar-refractivity contribution in [2.24, 2.45) is 0 Å². The van der Waals surface area contributed by atoms with Crippen molar-refractivity contribution in [1.29, 1.82) is 0 Å². The van der Waals surface area contributed by atoms with Gasteiger partial charge in [0, 0.05) is 18.4 Å². The second-order valence-electron chi connectivity index (χ2n) is 4.70. The fraction of sp³-hybridized carbons (Fsp3) is 0.538. The third kappa shape index (κ3) is 2.29. The zero-order valence-corrected chi connectivity index (χ0v) is 9.50. The fourth-order valence-corrected chi connectivity index (χ4v) is 2.22. The van der Waals surface area contributed by atoms with Gasteiger partial charge in [-0.15, -0.1) is 0 Å². The van der Waals surface area contributed by atoms with E-state index in [1.54, 1.807) is 0 Å². The molecule has 2 N–H and O–H groups in total. The van der Waals surface area contributed by atoms with Crippen LogP contribution in [0.4, 0.5) is 0 Å². The van der Waals surface area contributed by atoms with E-state index in [1.165, 1.54) is 0 Å². The Bertz CT molecular complexity index is 414. The number of ether oxygens (including phenoxy) is 2. The van der Waals surface area contributed by atoms with E-state index < -0.39 is 12.2 Å². The van der Waals surface area contributed by atoms with Gasteiger partial charge in [0.15, 0.2) is 0 Å². The van der Waals surface area contributed by atoms with E-state index in [0.29, 0.717) is 19.4 Å². The average Bonchev–Trinajstić information content (AvgIpc) is 3.12. The van der Waals surface area contributed by atoms with Crippen LogP contribution in [-0.4, -0.2) is 41.7 Å². The first-order valence-corrected chi connectivity index (χ1v) is 5.95. The van der Waals surface area contributed by atoms with Gasteiger partial charge >= 0.3 is 0 Å². The van der Waals surface area contributed by atoms with E-state index in [9.17, 15) is 10.2 Å². The van der Waals surface area contributed by atoms with Crippen molar-refractivity contribution in [3.8, 4) is 5.75 Å². The molecule has 1 aliphatic heterocycles. The number of benzene rings is 1. The maximum absolute atomic E-state index is 9.71. The topological polar surface area (TPSA) is 62.2 Å². The third-order valence-electron chi connectivity index (χ3n) is 3.34. The molecule has 1 heterocycles. The Morgan fingerprint density at radius 2 is 2.00 bits per heavy atom. The van der Waals surface area contributed by atoms with Crippen LogP contribution in [0.2, 0.25) is 0 Å². The molecule has 1 fully saturated rings. The Hall–Kier alpha value is -1.10. The molecule has 4 nitrogen and oxygen atoms in total. The van der Waals surface area contributed by atoms with E-state index in [-0.39, 0.29) is 6.10 Å². The molecule has 0 unspecified atom stereocenters. The van der Waals surface area contributed by atoms with Gasteiger partial charge in [0.2, 0.25) is 0 Å². The van der Waals surface area contributed by atoms with Crippen LogP contribution in [0.1, 0.15) is 11.1 Å². The molecule has 4 heteroatoms. The second kappa shape index (κ2) is 4.29. The molecule has 92 valence electrons. The first-order valence-electron chi connectivity index (χ1n) is 5.95. The molecule has 0 spiro atoms. The molecule has 1 saturated heterocycles. The Labute approximate surface area is 99.8 Å². The van der Waals surface area contributed by atoms with Crippen molar-refractivity contribution in [2.45, 2.75) is 31.2 Å². The minimum atomic E-state index is -0.690. The number of hydrogen-bond acceptors (Lipinski definition) is 4. The normalized spacial score (nSPS) is 30.8. The molecular weight excluding hydrogens is 220 g/mol. The van der Waals surface area contributed by atoms with Crippen molar-refractivity contribution >= 4 is 0 Å². The Morgan fingerprint density at radius 3 is 2.76 bits per heavy atom. The molecule has 3 atom stereocenters. The van der Waals surface area contributed by atoms with Gasteiger partial charge in [-0.2, -0.15) is 0 Å². The van der Waals surface area contributed by atoms with Crippen molar-refractivity contribution in [2.75, 3.05) is 13.2 Å². The van der Waals surface area contributed by atoms with Crippen molar-refractivity contribution in [3.05, 3.63) is 29.3 Å². The van der Waals surface area contributed by atoms with E-state index >= 15 is 0 Å². The summed E-state index contributed by atoms with van der Waals surface area (Å²) in [6.07, 6.45) is -0.176. The van der Waals surface area contributed by atoms with E-state index in [1.807, 2.05) is 18.2 Å². The van der Waals surface area contributed by atoms with Crippen molar-refractivity contribution < 1.29 is 19.7 Å². The first-order chi connectivity index (χ1) is 8.24. The van der Waals surface area contributed by atoms with Crippen LogP contribution in [0.25, 0.3) is 0 Å². The molecule has 1 aliphatic carbocycles. The van der Waals surface area contributed by atoms with Gasteiger partial charge in [-0.05, 0) is 11.6 Å². The van der Waals surface area contributed by atoms with Gasteiger partial charge < -0.3 is 19.7 Å². The van der Waals surface area contributed by atoms with Crippen molar-refractivity contribution in [3.63, 3.8) is 0 Å². The largest absolute Gasteiger partial charge is 0.490 e. The number of hydrogen-bond donors (Lipinski definition) is 2. The molecule has 1 aromatic carbocycles. The summed E-state index contributed by atoms with van der Waals surface area (Å²) in [5, 5.41) is 19.3. The van der Waals surface area contributed by atoms with Gasteiger partial charge in [-0.3, -0.25) is 0 Å². The van der Waals surface area contributed by atoms with Crippen LogP contribution in [0, 0.1) is 0 Å². The highest BCUT2D eigenvalue weighted by Crippen LogP contribution is 2.30. The predicted octanol–water partition coefficient (Wildman–Crippen LogP) is 0.285. The smallest absolute Gasteiger partial charge is 0.123 e. The number of epoxide rings is 1. The van der Waals surface area contributed by atoms with Gasteiger partial charge in [-0.25, -0.2) is 0 Å². The zero-order chi connectivity index (χ0) is 11.8. The summed E-state index contributed by atoms with van der Waals surface area (Å²) in [6, 6.07) is 5.81. The van der Waals surface area contributed by atoms with Crippen LogP contribution < -0.4 is 4.74 Å². The van der Waals surface area contributed by atoms with Gasteiger partial charge in [0.1, 0.15) is 18.5 Å². The summed E-state index contributed by atoms with van der Waals surface area (Å²) in [4.78, 5) is 0. The quantitative estimate of drug-likeness (QED) is 0.740. The monoisotopic (exact) mass is 236 g/mol. The molecule has 3 rings (SSSR count). The molecule has 0 aromatic heterocycles. The average molecular weight is 236 g/mol. The fourth-order valence-electron chi connectivity index (χ4n) is 2.22. The summed E-state index contributed by atoms with van der Waals surface area (Å²) in [7, 11) is 0. The minimum absolute atomic E-state index is 0.227. The van der Waals surface area contributed by atoms with Gasteiger partial charge in [-0.1, -0.05) is 12.1 Å². The zero-order valence-electron chi connectivity index (χ0n) is 9.50. The first kappa shape index (κ1) is 11.0. The lowest BCUT2D eigenvalue weighted by molar-refractivity contribution is 0.0135. The summed E-state index contributed by atoms with van der Waals surface area (Å²) < 4.78 is 10.8. The lowest BCUT2D eigenvalue weighted by Crippen LogP contribution is -2.34. The molecular formula is C13H16O4. The Balaban J connectivity index is 1.81. The molecule has 1 aromatic rings. The van der Waals surface area contributed by atoms with Crippen molar-refractivity contribution in [1.82, 2.24) is 0 Å². The molecule has 0 radical (unpaired) electrons. The lowest BCUT2D eigenvalue weighted by atomic mass is 9.87. The molecule has 0 amide bonds. The van der Waals surface area contributed by atoms with Crippen LogP contribution in [0.5, 0.6) is 5.75 Å². The number of rotatable bonds is 3. The molecule has 2 aliphatic rings. The van der Waals surface area contributed by atoms with Crippen LogP contribution >= 0.6 is 0 Å². The molecule has 17 heavy (non-hydrogen) atoms. The van der Waals surface area contributed by atoms with Crippen LogP contribution in [0.3, 0.4) is 0 Å². The summed E-state index contributed by atoms with van der Waals surface area (Å²) in [5.74, 6) is 0.809. The van der Waals surface area contributed by atoms with E-state index in [2.05, 4.69) is 0 Å². The summed E-state index contributed by atoms with van der Waals surface area (Å²) >= 11 is 0. The predicted molar refractivity (Wildman–Crippen MR) is 61.1 cm³/mol. The SMILES string of the molecule is O[C@@H]1Cc2c(cccc2OC[C@@H]2CO2)C[C@@H]1O. The standard InChI is InChI=1S/C13H16O4/c14-11-4-8-2-1-3-13(10(8)5-12(11)15)17-7-9-6-16-9/h1-3,9,11-12,14-15H,4-7H2/t9-,11-,12+/m0/s1. The lowest BCUT2D eigenvalue weighted by Gasteiger charge is -2.27. The van der Waals surface area contributed by atoms with E-state index in [4.69, 9.17) is 9.47 Å². The highest BCUT2D eigenvalue weighted by molar-refractivity contribution is 5.43. The van der Waals surface area contributed by atoms with Gasteiger partial charge in [0.25, 0.3) is 0 Å². The number of aliphatic hydroxyl groups is 2. The van der Waals surface area contributed by atoms with Gasteiger partial charge in [0.05, 0.1) is 18.8 Å². The maximum atomic E-state index is 9.71. The molecule has 0 bridgehead atoms. The van der Waals surface area contributed by atoms with Crippen LogP contribution in [0.15, 0.2) is 18.2 Å². The summed E-state index contributed by atoms with van der Waals surface area (Å²) in [6.45, 7) is 1.34. The molecule has 0 saturated carbocycles. The maximum Gasteiger partial charge on any atom is 0.123 e. The van der Waals surface area contributed by atoms with Crippen LogP contribution in [-0.2, 0) is 17.6 Å².